The van der Waals surface area contributed by atoms with Gasteiger partial charge in [-0.3, -0.25) is 9.59 Å². The molecule has 2 aromatic rings. The molecule has 174 valence electrons. The van der Waals surface area contributed by atoms with Gasteiger partial charge in [-0.05, 0) is 55.0 Å². The van der Waals surface area contributed by atoms with E-state index >= 15 is 0 Å². The highest BCUT2D eigenvalue weighted by Crippen LogP contribution is 2.40. The Morgan fingerprint density at radius 3 is 2.42 bits per heavy atom. The van der Waals surface area contributed by atoms with Gasteiger partial charge in [-0.2, -0.15) is 0 Å². The fraction of sp³-hybridized carbons (Fsp3) is 0.481. The number of rotatable bonds is 5. The molecular weight excluding hydrogens is 414 g/mol. The number of anilines is 1. The SMILES string of the molecule is O=C(NCc1ccc(N2CCOCC2)cc1)C1CC2CCCCC2N1C(=O)c1ccccc1. The van der Waals surface area contributed by atoms with Crippen LogP contribution in [0.2, 0.25) is 0 Å². The van der Waals surface area contributed by atoms with E-state index in [1.54, 1.807) is 0 Å². The Kier molecular flexibility index (Phi) is 6.63. The number of fused-ring (bicyclic) bond motifs is 1. The first-order chi connectivity index (χ1) is 16.2. The molecule has 0 aromatic heterocycles. The lowest BCUT2D eigenvalue weighted by molar-refractivity contribution is -0.125. The molecule has 3 fully saturated rings. The first-order valence-corrected chi connectivity index (χ1v) is 12.3. The number of ether oxygens (including phenoxy) is 1. The molecule has 6 heteroatoms. The molecule has 2 amide bonds. The van der Waals surface area contributed by atoms with Gasteiger partial charge in [-0.15, -0.1) is 0 Å². The molecule has 5 rings (SSSR count). The van der Waals surface area contributed by atoms with Crippen molar-refractivity contribution in [2.24, 2.45) is 5.92 Å². The second kappa shape index (κ2) is 9.96. The fourth-order valence-corrected chi connectivity index (χ4v) is 5.67. The van der Waals surface area contributed by atoms with Gasteiger partial charge in [0.25, 0.3) is 5.91 Å². The summed E-state index contributed by atoms with van der Waals surface area (Å²) in [5.41, 5.74) is 2.92. The van der Waals surface area contributed by atoms with E-state index in [9.17, 15) is 9.59 Å². The lowest BCUT2D eigenvalue weighted by Crippen LogP contribution is -2.49. The van der Waals surface area contributed by atoms with Gasteiger partial charge in [0.15, 0.2) is 0 Å². The highest BCUT2D eigenvalue weighted by Gasteiger charge is 2.47. The van der Waals surface area contributed by atoms with Crippen LogP contribution in [0.1, 0.15) is 48.0 Å². The number of benzene rings is 2. The van der Waals surface area contributed by atoms with Crippen LogP contribution in [0.3, 0.4) is 0 Å². The molecule has 2 aliphatic heterocycles. The maximum Gasteiger partial charge on any atom is 0.254 e. The first kappa shape index (κ1) is 22.0. The van der Waals surface area contributed by atoms with Crippen LogP contribution in [0.5, 0.6) is 0 Å². The molecule has 3 unspecified atom stereocenters. The number of amides is 2. The minimum absolute atomic E-state index is 0.0139. The molecule has 33 heavy (non-hydrogen) atoms. The average molecular weight is 448 g/mol. The van der Waals surface area contributed by atoms with E-state index in [2.05, 4.69) is 34.5 Å². The molecule has 0 spiro atoms. The summed E-state index contributed by atoms with van der Waals surface area (Å²) in [4.78, 5) is 30.9. The van der Waals surface area contributed by atoms with Gasteiger partial charge in [-0.25, -0.2) is 0 Å². The molecule has 1 saturated carbocycles. The van der Waals surface area contributed by atoms with Crippen LogP contribution in [-0.2, 0) is 16.1 Å². The van der Waals surface area contributed by atoms with Gasteiger partial charge in [0.05, 0.1) is 13.2 Å². The molecule has 1 N–H and O–H groups in total. The van der Waals surface area contributed by atoms with Crippen molar-refractivity contribution in [3.05, 3.63) is 65.7 Å². The number of morpholine rings is 1. The minimum atomic E-state index is -0.390. The van der Waals surface area contributed by atoms with Gasteiger partial charge >= 0.3 is 0 Å². The molecule has 2 aromatic carbocycles. The standard InChI is InChI=1S/C27H33N3O3/c31-26(28-19-20-10-12-23(13-11-20)29-14-16-33-17-15-29)25-18-22-8-4-5-9-24(22)30(25)27(32)21-6-2-1-3-7-21/h1-3,6-7,10-13,22,24-25H,4-5,8-9,14-19H2,(H,28,31). The predicted molar refractivity (Wildman–Crippen MR) is 128 cm³/mol. The summed E-state index contributed by atoms with van der Waals surface area (Å²) in [7, 11) is 0. The van der Waals surface area contributed by atoms with Crippen molar-refractivity contribution in [2.45, 2.75) is 50.7 Å². The van der Waals surface area contributed by atoms with E-state index < -0.39 is 6.04 Å². The number of nitrogens with zero attached hydrogens (tertiary/aromatic N) is 2. The zero-order valence-electron chi connectivity index (χ0n) is 19.1. The second-order valence-corrected chi connectivity index (χ2v) is 9.43. The third kappa shape index (κ3) is 4.76. The Labute approximate surface area is 195 Å². The molecule has 6 nitrogen and oxygen atoms in total. The average Bonchev–Trinajstić information content (AvgIpc) is 3.28. The summed E-state index contributed by atoms with van der Waals surface area (Å²) in [6.07, 6.45) is 5.19. The molecular formula is C27H33N3O3. The van der Waals surface area contributed by atoms with E-state index in [1.807, 2.05) is 35.2 Å². The van der Waals surface area contributed by atoms with Crippen LogP contribution in [0.25, 0.3) is 0 Å². The van der Waals surface area contributed by atoms with E-state index in [0.717, 1.165) is 57.6 Å². The predicted octanol–water partition coefficient (Wildman–Crippen LogP) is 3.61. The van der Waals surface area contributed by atoms with Crippen LogP contribution < -0.4 is 10.2 Å². The van der Waals surface area contributed by atoms with Crippen molar-refractivity contribution in [3.63, 3.8) is 0 Å². The Morgan fingerprint density at radius 2 is 1.67 bits per heavy atom. The number of hydrogen-bond donors (Lipinski definition) is 1. The van der Waals surface area contributed by atoms with E-state index in [1.165, 1.54) is 12.1 Å². The highest BCUT2D eigenvalue weighted by molar-refractivity contribution is 5.98. The third-order valence-electron chi connectivity index (χ3n) is 7.43. The Hall–Kier alpha value is -2.86. The number of carbonyl (C=O) groups excluding carboxylic acids is 2. The largest absolute Gasteiger partial charge is 0.378 e. The summed E-state index contributed by atoms with van der Waals surface area (Å²) < 4.78 is 5.43. The third-order valence-corrected chi connectivity index (χ3v) is 7.43. The molecule has 3 aliphatic rings. The summed E-state index contributed by atoms with van der Waals surface area (Å²) in [5.74, 6) is 0.376. The van der Waals surface area contributed by atoms with Crippen molar-refractivity contribution in [3.8, 4) is 0 Å². The smallest absolute Gasteiger partial charge is 0.254 e. The van der Waals surface area contributed by atoms with E-state index in [-0.39, 0.29) is 17.9 Å². The summed E-state index contributed by atoms with van der Waals surface area (Å²) in [5, 5.41) is 3.12. The normalized spacial score (nSPS) is 24.9. The van der Waals surface area contributed by atoms with Crippen molar-refractivity contribution >= 4 is 17.5 Å². The second-order valence-electron chi connectivity index (χ2n) is 9.43. The Morgan fingerprint density at radius 1 is 0.939 bits per heavy atom. The van der Waals surface area contributed by atoms with Crippen molar-refractivity contribution in [1.82, 2.24) is 10.2 Å². The van der Waals surface area contributed by atoms with Gasteiger partial charge in [0.1, 0.15) is 6.04 Å². The number of likely N-dealkylation sites (tertiary alicyclic amines) is 1. The first-order valence-electron chi connectivity index (χ1n) is 12.3. The summed E-state index contributed by atoms with van der Waals surface area (Å²) >= 11 is 0. The molecule has 1 aliphatic carbocycles. The zero-order chi connectivity index (χ0) is 22.6. The number of nitrogens with one attached hydrogen (secondary N) is 1. The van der Waals surface area contributed by atoms with Gasteiger partial charge in [0, 0.05) is 36.9 Å². The van der Waals surface area contributed by atoms with Gasteiger partial charge in [0.2, 0.25) is 5.91 Å². The molecule has 0 bridgehead atoms. The van der Waals surface area contributed by atoms with Gasteiger partial charge in [-0.1, -0.05) is 43.2 Å². The van der Waals surface area contributed by atoms with E-state index in [4.69, 9.17) is 4.74 Å². The van der Waals surface area contributed by atoms with Gasteiger partial charge < -0.3 is 19.9 Å². The molecule has 2 saturated heterocycles. The maximum absolute atomic E-state index is 13.4. The minimum Gasteiger partial charge on any atom is -0.378 e. The molecule has 3 atom stereocenters. The van der Waals surface area contributed by atoms with E-state index in [0.29, 0.717) is 18.0 Å². The van der Waals surface area contributed by atoms with Crippen molar-refractivity contribution in [1.29, 1.82) is 0 Å². The number of hydrogen-bond acceptors (Lipinski definition) is 4. The van der Waals surface area contributed by atoms with Crippen LogP contribution in [0, 0.1) is 5.92 Å². The highest BCUT2D eigenvalue weighted by atomic mass is 16.5. The zero-order valence-corrected chi connectivity index (χ0v) is 19.1. The van der Waals surface area contributed by atoms with Crippen LogP contribution in [0.4, 0.5) is 5.69 Å². The number of carbonyl (C=O) groups is 2. The Balaban J connectivity index is 1.26. The summed E-state index contributed by atoms with van der Waals surface area (Å²) in [6.45, 7) is 3.82. The molecule has 0 radical (unpaired) electrons. The van der Waals surface area contributed by atoms with Crippen molar-refractivity contribution in [2.75, 3.05) is 31.2 Å². The quantitative estimate of drug-likeness (QED) is 0.761. The van der Waals surface area contributed by atoms with Crippen LogP contribution in [-0.4, -0.2) is 55.1 Å². The molecule has 2 heterocycles. The monoisotopic (exact) mass is 447 g/mol. The fourth-order valence-electron chi connectivity index (χ4n) is 5.67. The topological polar surface area (TPSA) is 61.9 Å². The lowest BCUT2D eigenvalue weighted by Gasteiger charge is -2.33. The summed E-state index contributed by atoms with van der Waals surface area (Å²) in [6, 6.07) is 17.6. The van der Waals surface area contributed by atoms with Crippen molar-refractivity contribution < 1.29 is 14.3 Å². The maximum atomic E-state index is 13.4. The van der Waals surface area contributed by atoms with Crippen LogP contribution in [0.15, 0.2) is 54.6 Å². The lowest BCUT2D eigenvalue weighted by atomic mass is 9.84. The van der Waals surface area contributed by atoms with Crippen LogP contribution >= 0.6 is 0 Å². The Bertz CT molecular complexity index is 956.